The van der Waals surface area contributed by atoms with Gasteiger partial charge in [0.1, 0.15) is 6.61 Å². The van der Waals surface area contributed by atoms with Crippen molar-refractivity contribution in [2.45, 2.75) is 29.6 Å². The van der Waals surface area contributed by atoms with Gasteiger partial charge in [0.15, 0.2) is 20.7 Å². The minimum Gasteiger partial charge on any atom is -0.396 e. The molecule has 1 saturated heterocycles. The second kappa shape index (κ2) is 11.5. The van der Waals surface area contributed by atoms with Crippen molar-refractivity contribution in [1.29, 1.82) is 0 Å². The molecule has 2 aromatic rings. The van der Waals surface area contributed by atoms with Gasteiger partial charge in [0, 0.05) is 38.5 Å². The van der Waals surface area contributed by atoms with Gasteiger partial charge in [0.2, 0.25) is 0 Å². The number of anilines is 1. The predicted molar refractivity (Wildman–Crippen MR) is 119 cm³/mol. The Morgan fingerprint density at radius 3 is 2.81 bits per heavy atom. The molecule has 32 heavy (non-hydrogen) atoms. The van der Waals surface area contributed by atoms with Crippen LogP contribution >= 0.6 is 11.3 Å². The Morgan fingerprint density at radius 1 is 1.38 bits per heavy atom. The Bertz CT molecular complexity index is 1030. The molecule has 2 heterocycles. The number of hydrogen-bond acceptors (Lipinski definition) is 10. The highest BCUT2D eigenvalue weighted by Crippen LogP contribution is 2.23. The zero-order valence-electron chi connectivity index (χ0n) is 17.5. The topological polar surface area (TPSA) is 136 Å². The Balaban J connectivity index is 1.80. The molecule has 0 aliphatic carbocycles. The number of aliphatic hydroxyl groups excluding tert-OH is 1. The van der Waals surface area contributed by atoms with Crippen molar-refractivity contribution in [1.82, 2.24) is 4.98 Å². The molecule has 1 aromatic heterocycles. The largest absolute Gasteiger partial charge is 0.396 e. The highest BCUT2D eigenvalue weighted by atomic mass is 32.2. The number of nitrogens with one attached hydrogen (secondary N) is 1. The maximum atomic E-state index is 12.9. The summed E-state index contributed by atoms with van der Waals surface area (Å²) in [5.74, 6) is -0.563. The van der Waals surface area contributed by atoms with E-state index in [1.165, 1.54) is 35.6 Å². The number of benzene rings is 1. The van der Waals surface area contributed by atoms with Crippen LogP contribution in [0.4, 0.5) is 5.13 Å². The monoisotopic (exact) mass is 483 g/mol. The Hall–Kier alpha value is -2.38. The molecule has 0 radical (unpaired) electrons. The quantitative estimate of drug-likeness (QED) is 0.279. The van der Waals surface area contributed by atoms with Crippen LogP contribution in [0.1, 0.15) is 23.3 Å². The van der Waals surface area contributed by atoms with Crippen LogP contribution in [-0.4, -0.2) is 68.9 Å². The molecule has 2 N–H and O–H groups in total. The summed E-state index contributed by atoms with van der Waals surface area (Å²) >= 11 is 1.26. The van der Waals surface area contributed by atoms with Crippen molar-refractivity contribution in [3.8, 4) is 0 Å². The summed E-state index contributed by atoms with van der Waals surface area (Å²) in [5.41, 5.74) is 0.335. The van der Waals surface area contributed by atoms with E-state index in [2.05, 4.69) is 15.5 Å². The highest BCUT2D eigenvalue weighted by molar-refractivity contribution is 7.92. The van der Waals surface area contributed by atoms with Crippen molar-refractivity contribution in [2.24, 2.45) is 5.16 Å². The molecular formula is C20H25N3O7S2. The summed E-state index contributed by atoms with van der Waals surface area (Å²) in [5, 5.41) is 15.3. The van der Waals surface area contributed by atoms with Crippen molar-refractivity contribution < 1.29 is 32.6 Å². The number of nitrogens with zero attached hydrogens (tertiary/aromatic N) is 2. The number of oxime groups is 1. The van der Waals surface area contributed by atoms with Crippen LogP contribution in [-0.2, 0) is 35.5 Å². The number of aliphatic hydroxyl groups is 1. The van der Waals surface area contributed by atoms with Crippen LogP contribution in [0.25, 0.3) is 0 Å². The van der Waals surface area contributed by atoms with Crippen molar-refractivity contribution in [3.63, 3.8) is 0 Å². The fourth-order valence-electron chi connectivity index (χ4n) is 2.95. The Kier molecular flexibility index (Phi) is 8.70. The summed E-state index contributed by atoms with van der Waals surface area (Å²) in [7, 11) is -1.96. The van der Waals surface area contributed by atoms with Gasteiger partial charge in [0.25, 0.3) is 5.91 Å². The normalized spacial score (nSPS) is 16.8. The van der Waals surface area contributed by atoms with Gasteiger partial charge in [-0.3, -0.25) is 10.1 Å². The lowest BCUT2D eigenvalue weighted by atomic mass is 10.1. The number of sulfone groups is 1. The molecular weight excluding hydrogens is 458 g/mol. The number of amides is 1. The van der Waals surface area contributed by atoms with Gasteiger partial charge in [0.05, 0.1) is 28.2 Å². The Labute approximate surface area is 190 Å². The van der Waals surface area contributed by atoms with Crippen LogP contribution in [0.15, 0.2) is 40.5 Å². The third-order valence-corrected chi connectivity index (χ3v) is 7.67. The maximum absolute atomic E-state index is 12.9. The molecule has 1 aliphatic heterocycles. The van der Waals surface area contributed by atoms with Gasteiger partial charge in [-0.15, -0.1) is 0 Å². The molecule has 0 spiro atoms. The smallest absolute Gasteiger partial charge is 0.280 e. The average molecular weight is 484 g/mol. The summed E-state index contributed by atoms with van der Waals surface area (Å²) in [4.78, 5) is 23.2. The fourth-order valence-corrected chi connectivity index (χ4v) is 5.31. The van der Waals surface area contributed by atoms with E-state index < -0.39 is 21.0 Å². The summed E-state index contributed by atoms with van der Waals surface area (Å²) < 4.78 is 35.7. The lowest BCUT2D eigenvalue weighted by molar-refractivity contribution is -0.110. The van der Waals surface area contributed by atoms with E-state index >= 15 is 0 Å². The number of aromatic nitrogens is 1. The number of hydrogen-bond donors (Lipinski definition) is 2. The lowest BCUT2D eigenvalue weighted by Crippen LogP contribution is -2.25. The third-order valence-electron chi connectivity index (χ3n) is 4.61. The second-order valence-corrected chi connectivity index (χ2v) is 10.3. The van der Waals surface area contributed by atoms with E-state index in [9.17, 15) is 13.2 Å². The van der Waals surface area contributed by atoms with Crippen molar-refractivity contribution in [3.05, 3.63) is 40.9 Å². The van der Waals surface area contributed by atoms with Crippen LogP contribution in [0.3, 0.4) is 0 Å². The molecule has 10 nitrogen and oxygen atoms in total. The molecule has 1 atom stereocenters. The maximum Gasteiger partial charge on any atom is 0.280 e. The number of rotatable bonds is 11. The molecule has 174 valence electrons. The van der Waals surface area contributed by atoms with Gasteiger partial charge in [-0.2, -0.15) is 0 Å². The van der Waals surface area contributed by atoms with E-state index in [-0.39, 0.29) is 30.4 Å². The summed E-state index contributed by atoms with van der Waals surface area (Å²) in [6, 6.07) is 5.91. The van der Waals surface area contributed by atoms with E-state index in [1.54, 1.807) is 13.3 Å². The number of carbonyl (C=O) groups excluding carboxylic acids is 1. The number of thiazole rings is 1. The first-order valence-corrected chi connectivity index (χ1v) is 12.3. The molecule has 1 aliphatic rings. The fraction of sp³-hybridized carbons (Fsp3) is 0.450. The number of carbonyl (C=O) groups is 1. The zero-order chi connectivity index (χ0) is 23.0. The molecule has 1 amide bonds. The number of ether oxygens (including phenoxy) is 2. The van der Waals surface area contributed by atoms with E-state index in [0.717, 1.165) is 4.88 Å². The first-order valence-electron chi connectivity index (χ1n) is 9.93. The van der Waals surface area contributed by atoms with E-state index in [1.807, 2.05) is 0 Å². The van der Waals surface area contributed by atoms with Crippen molar-refractivity contribution in [2.75, 3.05) is 38.9 Å². The second-order valence-electron chi connectivity index (χ2n) is 6.92. The minimum absolute atomic E-state index is 0.0421. The van der Waals surface area contributed by atoms with E-state index in [0.29, 0.717) is 36.8 Å². The van der Waals surface area contributed by atoms with Gasteiger partial charge >= 0.3 is 0 Å². The van der Waals surface area contributed by atoms with Gasteiger partial charge < -0.3 is 19.4 Å². The summed E-state index contributed by atoms with van der Waals surface area (Å²) in [6.07, 6.45) is 2.41. The highest BCUT2D eigenvalue weighted by Gasteiger charge is 2.31. The SMILES string of the molecule is COCc1cnc(NC(=O)C(=NOCCCO)c2ccc(S(=O)(=O)[C@H]3CCOC3)cc2)s1. The van der Waals surface area contributed by atoms with E-state index in [4.69, 9.17) is 19.4 Å². The first kappa shape index (κ1) is 24.3. The molecule has 1 fully saturated rings. The molecule has 0 bridgehead atoms. The van der Waals surface area contributed by atoms with Crippen LogP contribution in [0.5, 0.6) is 0 Å². The molecule has 0 saturated carbocycles. The molecule has 1 aromatic carbocycles. The van der Waals surface area contributed by atoms with Crippen LogP contribution in [0.2, 0.25) is 0 Å². The van der Waals surface area contributed by atoms with Crippen LogP contribution in [0, 0.1) is 0 Å². The standard InChI is InChI=1S/C20H25N3O7S2/c1-28-12-15-11-21-20(31-15)22-19(25)18(23-30-9-2-8-24)14-3-5-16(6-4-14)32(26,27)17-7-10-29-13-17/h3-6,11,17,24H,2,7-10,12-13H2,1H3,(H,21,22,25)/t17-/m0/s1. The molecule has 0 unspecified atom stereocenters. The van der Waals surface area contributed by atoms with Crippen LogP contribution < -0.4 is 5.32 Å². The summed E-state index contributed by atoms with van der Waals surface area (Å²) in [6.45, 7) is 1.02. The molecule has 12 heteroatoms. The predicted octanol–water partition coefficient (Wildman–Crippen LogP) is 1.59. The minimum atomic E-state index is -3.52. The Morgan fingerprint density at radius 2 is 2.16 bits per heavy atom. The van der Waals surface area contributed by atoms with Gasteiger partial charge in [-0.05, 0) is 18.6 Å². The van der Waals surface area contributed by atoms with Gasteiger partial charge in [-0.25, -0.2) is 13.4 Å². The lowest BCUT2D eigenvalue weighted by Gasteiger charge is -2.11. The van der Waals surface area contributed by atoms with Crippen molar-refractivity contribution >= 4 is 37.9 Å². The average Bonchev–Trinajstić information content (AvgIpc) is 3.47. The first-order chi connectivity index (χ1) is 15.5. The number of methoxy groups -OCH3 is 1. The third kappa shape index (κ3) is 6.11. The zero-order valence-corrected chi connectivity index (χ0v) is 19.2. The van der Waals surface area contributed by atoms with Gasteiger partial charge in [-0.1, -0.05) is 28.6 Å². The molecule has 3 rings (SSSR count).